The van der Waals surface area contributed by atoms with Crippen LogP contribution in [0.1, 0.15) is 201 Å². The molecule has 5 heteroatoms. The average molecular weight is 599 g/mol. The molecule has 0 radical (unpaired) electrons. The maximum Gasteiger partial charge on any atom is 0.184 e. The second-order valence-corrected chi connectivity index (χ2v) is 13.8. The largest absolute Gasteiger partial charge is 0.393 e. The maximum absolute atomic E-state index is 10.1. The lowest BCUT2D eigenvalue weighted by atomic mass is 10.0. The summed E-state index contributed by atoms with van der Waals surface area (Å²) in [5.41, 5.74) is 0. The normalized spacial score (nSPS) is 22.4. The van der Waals surface area contributed by atoms with Crippen molar-refractivity contribution in [2.45, 2.75) is 237 Å². The van der Waals surface area contributed by atoms with E-state index in [9.17, 15) is 15.3 Å². The second-order valence-electron chi connectivity index (χ2n) is 13.8. The third-order valence-corrected chi connectivity index (χ3v) is 9.29. The number of rotatable bonds is 30. The van der Waals surface area contributed by atoms with Crippen LogP contribution in [0.2, 0.25) is 0 Å². The van der Waals surface area contributed by atoms with Crippen molar-refractivity contribution in [3.05, 3.63) is 0 Å². The minimum atomic E-state index is -0.738. The van der Waals surface area contributed by atoms with Crippen LogP contribution >= 0.6 is 0 Å². The van der Waals surface area contributed by atoms with E-state index < -0.39 is 18.5 Å². The van der Waals surface area contributed by atoms with Gasteiger partial charge >= 0.3 is 0 Å². The highest BCUT2D eigenvalue weighted by molar-refractivity contribution is 4.78. The van der Waals surface area contributed by atoms with Crippen molar-refractivity contribution in [3.8, 4) is 0 Å². The molecule has 42 heavy (non-hydrogen) atoms. The van der Waals surface area contributed by atoms with Gasteiger partial charge < -0.3 is 24.8 Å². The molecule has 0 saturated carbocycles. The summed E-state index contributed by atoms with van der Waals surface area (Å²) >= 11 is 0. The number of unbranched alkanes of at least 4 members (excludes halogenated alkanes) is 24. The summed E-state index contributed by atoms with van der Waals surface area (Å²) in [6.07, 6.45) is 34.6. The Bertz CT molecular complexity index is 556. The van der Waals surface area contributed by atoms with Gasteiger partial charge in [-0.15, -0.1) is 0 Å². The van der Waals surface area contributed by atoms with Crippen LogP contribution in [0, 0.1) is 0 Å². The molecule has 1 aliphatic rings. The van der Waals surface area contributed by atoms with E-state index in [1.807, 2.05) is 13.8 Å². The summed E-state index contributed by atoms with van der Waals surface area (Å²) in [6.45, 7) is 5.78. The molecule has 0 bridgehead atoms. The molecule has 0 spiro atoms. The van der Waals surface area contributed by atoms with Gasteiger partial charge in [0.15, 0.2) is 6.29 Å². The predicted octanol–water partition coefficient (Wildman–Crippen LogP) is 10.2. The third kappa shape index (κ3) is 24.2. The minimum absolute atomic E-state index is 0.0749. The molecule has 5 nitrogen and oxygen atoms in total. The Balaban J connectivity index is 1.70. The standard InChI is InChI=1S/C37H74O5/c1-32(38)29-27-25-23-21-19-17-15-13-11-9-7-5-4-6-8-10-12-14-16-18-20-22-24-26-28-30-33(2)41-37-36(40)31-35(39)34(3)42-37/h32-40H,4-31H2,1-3H3/t32-,33+,34+,35-,36-,37-/m1/s1. The van der Waals surface area contributed by atoms with Gasteiger partial charge in [-0.1, -0.05) is 161 Å². The lowest BCUT2D eigenvalue weighted by Crippen LogP contribution is -2.48. The van der Waals surface area contributed by atoms with E-state index in [0.717, 1.165) is 19.3 Å². The highest BCUT2D eigenvalue weighted by Crippen LogP contribution is 2.23. The monoisotopic (exact) mass is 599 g/mol. The zero-order valence-electron chi connectivity index (χ0n) is 28.4. The van der Waals surface area contributed by atoms with E-state index in [4.69, 9.17) is 9.47 Å². The summed E-state index contributed by atoms with van der Waals surface area (Å²) < 4.78 is 11.5. The highest BCUT2D eigenvalue weighted by atomic mass is 16.7. The van der Waals surface area contributed by atoms with E-state index >= 15 is 0 Å². The average Bonchev–Trinajstić information content (AvgIpc) is 2.95. The van der Waals surface area contributed by atoms with Gasteiger partial charge in [0.05, 0.1) is 24.4 Å². The quantitative estimate of drug-likeness (QED) is 0.0717. The van der Waals surface area contributed by atoms with Gasteiger partial charge in [-0.2, -0.15) is 0 Å². The van der Waals surface area contributed by atoms with E-state index in [2.05, 4.69) is 6.92 Å². The number of hydrogen-bond donors (Lipinski definition) is 3. The molecular weight excluding hydrogens is 524 g/mol. The summed E-state index contributed by atoms with van der Waals surface area (Å²) in [5, 5.41) is 29.1. The first-order chi connectivity index (χ1) is 20.4. The van der Waals surface area contributed by atoms with Crippen LogP contribution in [0.15, 0.2) is 0 Å². The van der Waals surface area contributed by atoms with Gasteiger partial charge in [0.1, 0.15) is 6.10 Å². The van der Waals surface area contributed by atoms with Gasteiger partial charge in [-0.25, -0.2) is 0 Å². The van der Waals surface area contributed by atoms with Crippen LogP contribution in [-0.4, -0.2) is 52.1 Å². The van der Waals surface area contributed by atoms with E-state index in [1.165, 1.54) is 154 Å². The Kier molecular flexibility index (Phi) is 26.8. The van der Waals surface area contributed by atoms with Crippen LogP contribution in [-0.2, 0) is 9.47 Å². The molecule has 0 aromatic carbocycles. The molecule has 1 heterocycles. The first kappa shape index (κ1) is 39.8. The Morgan fingerprint density at radius 3 is 1.17 bits per heavy atom. The van der Waals surface area contributed by atoms with Crippen LogP contribution in [0.3, 0.4) is 0 Å². The number of hydrogen-bond acceptors (Lipinski definition) is 5. The van der Waals surface area contributed by atoms with E-state index in [-0.39, 0.29) is 18.3 Å². The van der Waals surface area contributed by atoms with Crippen LogP contribution in [0.4, 0.5) is 0 Å². The number of ether oxygens (including phenoxy) is 2. The molecule has 1 fully saturated rings. The Hall–Kier alpha value is -0.200. The van der Waals surface area contributed by atoms with Crippen molar-refractivity contribution in [2.24, 2.45) is 0 Å². The zero-order valence-corrected chi connectivity index (χ0v) is 28.4. The van der Waals surface area contributed by atoms with Gasteiger partial charge in [0.2, 0.25) is 0 Å². The van der Waals surface area contributed by atoms with Gasteiger partial charge in [0, 0.05) is 6.42 Å². The van der Waals surface area contributed by atoms with Gasteiger partial charge in [-0.05, 0) is 33.6 Å². The number of aliphatic hydroxyl groups excluding tert-OH is 3. The minimum Gasteiger partial charge on any atom is -0.393 e. The van der Waals surface area contributed by atoms with Crippen molar-refractivity contribution < 1.29 is 24.8 Å². The van der Waals surface area contributed by atoms with Gasteiger partial charge in [0.25, 0.3) is 0 Å². The molecule has 1 saturated heterocycles. The highest BCUT2D eigenvalue weighted by Gasteiger charge is 2.35. The van der Waals surface area contributed by atoms with Gasteiger partial charge in [-0.3, -0.25) is 0 Å². The molecule has 3 N–H and O–H groups in total. The van der Waals surface area contributed by atoms with Crippen molar-refractivity contribution >= 4 is 0 Å². The molecule has 0 aromatic rings. The lowest BCUT2D eigenvalue weighted by molar-refractivity contribution is -0.273. The molecule has 1 aliphatic heterocycles. The third-order valence-electron chi connectivity index (χ3n) is 9.29. The Morgan fingerprint density at radius 2 is 0.833 bits per heavy atom. The molecular formula is C37H74O5. The van der Waals surface area contributed by atoms with Crippen molar-refractivity contribution in [3.63, 3.8) is 0 Å². The molecule has 1 rings (SSSR count). The fourth-order valence-electron chi connectivity index (χ4n) is 6.30. The Labute approximate surface area is 261 Å². The fraction of sp³-hybridized carbons (Fsp3) is 1.00. The van der Waals surface area contributed by atoms with E-state index in [0.29, 0.717) is 6.42 Å². The molecule has 252 valence electrons. The summed E-state index contributed by atoms with van der Waals surface area (Å²) in [4.78, 5) is 0. The first-order valence-electron chi connectivity index (χ1n) is 18.7. The van der Waals surface area contributed by atoms with Crippen LogP contribution in [0.5, 0.6) is 0 Å². The summed E-state index contributed by atoms with van der Waals surface area (Å²) in [7, 11) is 0. The molecule has 0 amide bonds. The smallest absolute Gasteiger partial charge is 0.184 e. The second kappa shape index (κ2) is 28.3. The van der Waals surface area contributed by atoms with Crippen molar-refractivity contribution in [1.82, 2.24) is 0 Å². The first-order valence-corrected chi connectivity index (χ1v) is 18.7. The number of aliphatic hydroxyl groups is 3. The molecule has 0 aromatic heterocycles. The lowest BCUT2D eigenvalue weighted by Gasteiger charge is -2.36. The Morgan fingerprint density at radius 1 is 0.524 bits per heavy atom. The SMILES string of the molecule is C[C@@H]1O[C@@H](O[C@@H](C)CCCCCCCCCCCCCCCCCCCCCCCCCCC[C@@H](C)O)[C@H](O)C[C@H]1O. The topological polar surface area (TPSA) is 79.2 Å². The van der Waals surface area contributed by atoms with Crippen molar-refractivity contribution in [2.75, 3.05) is 0 Å². The zero-order chi connectivity index (χ0) is 30.7. The molecule has 0 aliphatic carbocycles. The summed E-state index contributed by atoms with van der Waals surface area (Å²) in [6, 6.07) is 0. The fourth-order valence-corrected chi connectivity index (χ4v) is 6.30. The predicted molar refractivity (Wildman–Crippen MR) is 178 cm³/mol. The maximum atomic E-state index is 10.1. The van der Waals surface area contributed by atoms with E-state index in [1.54, 1.807) is 0 Å². The summed E-state index contributed by atoms with van der Waals surface area (Å²) in [5.74, 6) is 0. The molecule has 6 atom stereocenters. The van der Waals surface area contributed by atoms with Crippen LogP contribution < -0.4 is 0 Å². The van der Waals surface area contributed by atoms with Crippen molar-refractivity contribution in [1.29, 1.82) is 0 Å². The van der Waals surface area contributed by atoms with Crippen LogP contribution in [0.25, 0.3) is 0 Å². The molecule has 0 unspecified atom stereocenters.